The maximum atomic E-state index is 11.4. The average Bonchev–Trinajstić information content (AvgIpc) is 2.39. The summed E-state index contributed by atoms with van der Waals surface area (Å²) in [6, 6.07) is 7.50. The number of unbranched alkanes of at least 4 members (excludes halogenated alkanes) is 4. The van der Waals surface area contributed by atoms with E-state index in [2.05, 4.69) is 28.2 Å². The summed E-state index contributed by atoms with van der Waals surface area (Å²) < 4.78 is 1.02. The second-order valence-corrected chi connectivity index (χ2v) is 5.72. The van der Waals surface area contributed by atoms with Gasteiger partial charge in [0, 0.05) is 10.2 Å². The largest absolute Gasteiger partial charge is 0.374 e. The van der Waals surface area contributed by atoms with Gasteiger partial charge < -0.3 is 11.1 Å². The predicted octanol–water partition coefficient (Wildman–Crippen LogP) is 4.08. The summed E-state index contributed by atoms with van der Waals surface area (Å²) in [5, 5.41) is 3.20. The first kappa shape index (κ1) is 16.0. The molecular formula is C15H23BrN2O. The zero-order valence-corrected chi connectivity index (χ0v) is 13.1. The SMILES string of the molecule is CCCCCCCC(Nc1ccc(Br)cc1)C(N)=O. The van der Waals surface area contributed by atoms with Crippen LogP contribution in [0.2, 0.25) is 0 Å². The van der Waals surface area contributed by atoms with Gasteiger partial charge in [-0.05, 0) is 30.7 Å². The van der Waals surface area contributed by atoms with Crippen molar-refractivity contribution in [2.24, 2.45) is 5.73 Å². The standard InChI is InChI=1S/C15H23BrN2O/c1-2-3-4-5-6-7-14(15(17)19)18-13-10-8-12(16)9-11-13/h8-11,14,18H,2-7H2,1H3,(H2,17,19). The first-order valence-electron chi connectivity index (χ1n) is 6.95. The van der Waals surface area contributed by atoms with Gasteiger partial charge in [0.25, 0.3) is 0 Å². The van der Waals surface area contributed by atoms with Gasteiger partial charge in [0.05, 0.1) is 0 Å². The number of carbonyl (C=O) groups excluding carboxylic acids is 1. The highest BCUT2D eigenvalue weighted by Gasteiger charge is 2.14. The topological polar surface area (TPSA) is 55.1 Å². The molecule has 0 aromatic heterocycles. The number of nitrogens with two attached hydrogens (primary N) is 1. The van der Waals surface area contributed by atoms with E-state index in [-0.39, 0.29) is 11.9 Å². The Morgan fingerprint density at radius 1 is 1.21 bits per heavy atom. The number of carbonyl (C=O) groups is 1. The Morgan fingerprint density at radius 2 is 1.84 bits per heavy atom. The molecule has 0 spiro atoms. The third-order valence-corrected chi connectivity index (χ3v) is 3.65. The molecule has 0 radical (unpaired) electrons. The summed E-state index contributed by atoms with van der Waals surface area (Å²) >= 11 is 3.39. The maximum absolute atomic E-state index is 11.4. The van der Waals surface area contributed by atoms with E-state index in [4.69, 9.17) is 5.73 Å². The van der Waals surface area contributed by atoms with Crippen LogP contribution in [0, 0.1) is 0 Å². The van der Waals surface area contributed by atoms with Crippen LogP contribution in [-0.2, 0) is 4.79 Å². The van der Waals surface area contributed by atoms with Crippen molar-refractivity contribution in [1.82, 2.24) is 0 Å². The average molecular weight is 327 g/mol. The molecule has 0 aliphatic heterocycles. The Bertz CT molecular complexity index is 378. The quantitative estimate of drug-likeness (QED) is 0.672. The minimum atomic E-state index is -0.279. The molecule has 3 nitrogen and oxygen atoms in total. The molecule has 1 rings (SSSR count). The molecule has 1 aromatic rings. The Morgan fingerprint density at radius 3 is 2.42 bits per heavy atom. The molecule has 1 aromatic carbocycles. The van der Waals surface area contributed by atoms with E-state index in [1.165, 1.54) is 25.7 Å². The first-order chi connectivity index (χ1) is 9.13. The smallest absolute Gasteiger partial charge is 0.239 e. The summed E-state index contributed by atoms with van der Waals surface area (Å²) in [7, 11) is 0. The van der Waals surface area contributed by atoms with Crippen molar-refractivity contribution < 1.29 is 4.79 Å². The fourth-order valence-electron chi connectivity index (χ4n) is 1.98. The molecule has 106 valence electrons. The van der Waals surface area contributed by atoms with Crippen LogP contribution in [0.3, 0.4) is 0 Å². The van der Waals surface area contributed by atoms with Gasteiger partial charge in [-0.1, -0.05) is 55.0 Å². The zero-order valence-electron chi connectivity index (χ0n) is 11.5. The predicted molar refractivity (Wildman–Crippen MR) is 84.1 cm³/mol. The normalized spacial score (nSPS) is 12.1. The maximum Gasteiger partial charge on any atom is 0.239 e. The number of halogens is 1. The fourth-order valence-corrected chi connectivity index (χ4v) is 2.25. The van der Waals surface area contributed by atoms with Crippen molar-refractivity contribution in [3.8, 4) is 0 Å². The Hall–Kier alpha value is -1.03. The number of rotatable bonds is 9. The molecule has 1 unspecified atom stereocenters. The van der Waals surface area contributed by atoms with E-state index in [1.54, 1.807) is 0 Å². The molecular weight excluding hydrogens is 304 g/mol. The van der Waals surface area contributed by atoms with Crippen molar-refractivity contribution in [3.63, 3.8) is 0 Å². The molecule has 0 heterocycles. The van der Waals surface area contributed by atoms with Crippen LogP contribution in [0.15, 0.2) is 28.7 Å². The monoisotopic (exact) mass is 326 g/mol. The molecule has 1 amide bonds. The van der Waals surface area contributed by atoms with Crippen LogP contribution in [0.4, 0.5) is 5.69 Å². The summed E-state index contributed by atoms with van der Waals surface area (Å²) in [6.45, 7) is 2.20. The molecule has 0 saturated heterocycles. The van der Waals surface area contributed by atoms with E-state index in [1.807, 2.05) is 24.3 Å². The number of amides is 1. The Balaban J connectivity index is 2.40. The number of hydrogen-bond donors (Lipinski definition) is 2. The fraction of sp³-hybridized carbons (Fsp3) is 0.533. The van der Waals surface area contributed by atoms with Gasteiger partial charge in [-0.3, -0.25) is 4.79 Å². The molecule has 19 heavy (non-hydrogen) atoms. The minimum Gasteiger partial charge on any atom is -0.374 e. The second-order valence-electron chi connectivity index (χ2n) is 4.81. The lowest BCUT2D eigenvalue weighted by Gasteiger charge is -2.16. The van der Waals surface area contributed by atoms with Crippen LogP contribution in [-0.4, -0.2) is 11.9 Å². The summed E-state index contributed by atoms with van der Waals surface area (Å²) in [5.41, 5.74) is 6.38. The van der Waals surface area contributed by atoms with Crippen molar-refractivity contribution in [2.45, 2.75) is 51.5 Å². The van der Waals surface area contributed by atoms with E-state index in [9.17, 15) is 4.79 Å². The lowest BCUT2D eigenvalue weighted by atomic mass is 10.1. The summed E-state index contributed by atoms with van der Waals surface area (Å²) in [4.78, 5) is 11.4. The molecule has 0 aliphatic carbocycles. The van der Waals surface area contributed by atoms with Crippen molar-refractivity contribution in [1.29, 1.82) is 0 Å². The van der Waals surface area contributed by atoms with Crippen LogP contribution >= 0.6 is 15.9 Å². The van der Waals surface area contributed by atoms with E-state index < -0.39 is 0 Å². The summed E-state index contributed by atoms with van der Waals surface area (Å²) in [6.07, 6.45) is 6.74. The van der Waals surface area contributed by atoms with Gasteiger partial charge in [0.1, 0.15) is 6.04 Å². The van der Waals surface area contributed by atoms with Crippen LogP contribution in [0.25, 0.3) is 0 Å². The van der Waals surface area contributed by atoms with Crippen molar-refractivity contribution in [3.05, 3.63) is 28.7 Å². The number of hydrogen-bond acceptors (Lipinski definition) is 2. The van der Waals surface area contributed by atoms with Crippen LogP contribution in [0.1, 0.15) is 45.4 Å². The first-order valence-corrected chi connectivity index (χ1v) is 7.74. The molecule has 0 fully saturated rings. The Kier molecular flexibility index (Phi) is 7.56. The van der Waals surface area contributed by atoms with E-state index in [0.29, 0.717) is 0 Å². The molecule has 0 aliphatic rings. The molecule has 1 atom stereocenters. The van der Waals surface area contributed by atoms with Gasteiger partial charge in [0.2, 0.25) is 5.91 Å². The van der Waals surface area contributed by atoms with Gasteiger partial charge in [-0.15, -0.1) is 0 Å². The number of nitrogens with one attached hydrogen (secondary N) is 1. The van der Waals surface area contributed by atoms with Crippen molar-refractivity contribution >= 4 is 27.5 Å². The third-order valence-electron chi connectivity index (χ3n) is 3.12. The van der Waals surface area contributed by atoms with Gasteiger partial charge in [-0.25, -0.2) is 0 Å². The van der Waals surface area contributed by atoms with Crippen molar-refractivity contribution in [2.75, 3.05) is 5.32 Å². The summed E-state index contributed by atoms with van der Waals surface area (Å²) in [5.74, 6) is -0.279. The highest BCUT2D eigenvalue weighted by atomic mass is 79.9. The third kappa shape index (κ3) is 6.62. The van der Waals surface area contributed by atoms with E-state index >= 15 is 0 Å². The minimum absolute atomic E-state index is 0.275. The molecule has 4 heteroatoms. The Labute approximate surface area is 124 Å². The zero-order chi connectivity index (χ0) is 14.1. The lowest BCUT2D eigenvalue weighted by Crippen LogP contribution is -2.35. The highest BCUT2D eigenvalue weighted by molar-refractivity contribution is 9.10. The van der Waals surface area contributed by atoms with Gasteiger partial charge in [0.15, 0.2) is 0 Å². The lowest BCUT2D eigenvalue weighted by molar-refractivity contribution is -0.118. The van der Waals surface area contributed by atoms with E-state index in [0.717, 1.165) is 23.0 Å². The van der Waals surface area contributed by atoms with Crippen LogP contribution in [0.5, 0.6) is 0 Å². The van der Waals surface area contributed by atoms with Gasteiger partial charge in [-0.2, -0.15) is 0 Å². The number of anilines is 1. The highest BCUT2D eigenvalue weighted by Crippen LogP contribution is 2.16. The van der Waals surface area contributed by atoms with Gasteiger partial charge >= 0.3 is 0 Å². The van der Waals surface area contributed by atoms with Crippen LogP contribution < -0.4 is 11.1 Å². The second kappa shape index (κ2) is 8.97. The number of benzene rings is 1. The molecule has 0 bridgehead atoms. The molecule has 0 saturated carbocycles. The number of primary amides is 1. The molecule has 3 N–H and O–H groups in total.